The van der Waals surface area contributed by atoms with Crippen LogP contribution in [0.5, 0.6) is 5.75 Å². The van der Waals surface area contributed by atoms with E-state index in [4.69, 9.17) is 14.9 Å². The molecular weight excluding hydrogens is 215 g/mol. The summed E-state index contributed by atoms with van der Waals surface area (Å²) < 4.78 is 18.1. The molecule has 0 radical (unpaired) electrons. The van der Waals surface area contributed by atoms with E-state index in [0.717, 1.165) is 6.07 Å². The van der Waals surface area contributed by atoms with Crippen LogP contribution in [0.1, 0.15) is 18.6 Å². The minimum absolute atomic E-state index is 0.153. The molecule has 0 aromatic heterocycles. The fourth-order valence-corrected chi connectivity index (χ4v) is 1.22. The van der Waals surface area contributed by atoms with Crippen molar-refractivity contribution in [3.8, 4) is 5.75 Å². The van der Waals surface area contributed by atoms with Crippen molar-refractivity contribution in [2.24, 2.45) is 0 Å². The molecule has 0 spiro atoms. The Morgan fingerprint density at radius 1 is 1.38 bits per heavy atom. The van der Waals surface area contributed by atoms with Crippen molar-refractivity contribution in [2.75, 3.05) is 13.2 Å². The second-order valence-corrected chi connectivity index (χ2v) is 3.51. The van der Waals surface area contributed by atoms with Gasteiger partial charge in [0.25, 0.3) is 0 Å². The molecule has 0 fully saturated rings. The van der Waals surface area contributed by atoms with Crippen LogP contribution in [-0.4, -0.2) is 34.6 Å². The third-order valence-electron chi connectivity index (χ3n) is 2.07. The van der Waals surface area contributed by atoms with Crippen LogP contribution in [0, 0.1) is 5.82 Å². The van der Waals surface area contributed by atoms with Gasteiger partial charge in [-0.15, -0.1) is 0 Å². The fourth-order valence-electron chi connectivity index (χ4n) is 1.22. The van der Waals surface area contributed by atoms with Crippen molar-refractivity contribution in [3.05, 3.63) is 29.6 Å². The number of aliphatic hydroxyl groups is 3. The van der Waals surface area contributed by atoms with E-state index in [1.807, 2.05) is 0 Å². The van der Waals surface area contributed by atoms with E-state index in [1.165, 1.54) is 19.1 Å². The van der Waals surface area contributed by atoms with Crippen molar-refractivity contribution < 1.29 is 24.4 Å². The van der Waals surface area contributed by atoms with Crippen LogP contribution in [0.25, 0.3) is 0 Å². The molecule has 0 aliphatic carbocycles. The minimum atomic E-state index is -1.02. The predicted octanol–water partition coefficient (Wildman–Crippen LogP) is 0.611. The maximum Gasteiger partial charge on any atom is 0.128 e. The van der Waals surface area contributed by atoms with Crippen LogP contribution < -0.4 is 4.74 Å². The summed E-state index contributed by atoms with van der Waals surface area (Å²) in [5.41, 5.74) is 0.437. The molecule has 3 N–H and O–H groups in total. The van der Waals surface area contributed by atoms with Gasteiger partial charge in [0.2, 0.25) is 0 Å². The summed E-state index contributed by atoms with van der Waals surface area (Å²) >= 11 is 0. The van der Waals surface area contributed by atoms with E-state index in [2.05, 4.69) is 0 Å². The van der Waals surface area contributed by atoms with E-state index in [1.54, 1.807) is 0 Å². The van der Waals surface area contributed by atoms with E-state index in [-0.39, 0.29) is 12.4 Å². The Kier molecular flexibility index (Phi) is 4.67. The van der Waals surface area contributed by atoms with Crippen molar-refractivity contribution in [3.63, 3.8) is 0 Å². The van der Waals surface area contributed by atoms with Gasteiger partial charge in [-0.25, -0.2) is 4.39 Å². The fraction of sp³-hybridized carbons (Fsp3) is 0.455. The van der Waals surface area contributed by atoms with Crippen molar-refractivity contribution in [1.82, 2.24) is 0 Å². The van der Waals surface area contributed by atoms with Gasteiger partial charge in [0.1, 0.15) is 24.3 Å². The molecule has 0 amide bonds. The lowest BCUT2D eigenvalue weighted by Gasteiger charge is -2.15. The summed E-state index contributed by atoms with van der Waals surface area (Å²) in [7, 11) is 0. The predicted molar refractivity (Wildman–Crippen MR) is 55.6 cm³/mol. The highest BCUT2D eigenvalue weighted by Gasteiger charge is 2.12. The Bertz CT molecular complexity index is 341. The summed E-state index contributed by atoms with van der Waals surface area (Å²) in [6, 6.07) is 3.77. The quantitative estimate of drug-likeness (QED) is 0.693. The molecule has 16 heavy (non-hydrogen) atoms. The molecule has 0 bridgehead atoms. The molecule has 2 atom stereocenters. The minimum Gasteiger partial charge on any atom is -0.490 e. The Morgan fingerprint density at radius 3 is 2.62 bits per heavy atom. The zero-order chi connectivity index (χ0) is 12.1. The molecule has 90 valence electrons. The monoisotopic (exact) mass is 230 g/mol. The summed E-state index contributed by atoms with van der Waals surface area (Å²) in [5, 5.41) is 27.1. The molecule has 1 rings (SSSR count). The summed E-state index contributed by atoms with van der Waals surface area (Å²) in [6.07, 6.45) is -1.81. The molecule has 0 saturated heterocycles. The smallest absolute Gasteiger partial charge is 0.128 e. The molecular formula is C11H15FO4. The van der Waals surface area contributed by atoms with Gasteiger partial charge >= 0.3 is 0 Å². The first kappa shape index (κ1) is 12.9. The zero-order valence-electron chi connectivity index (χ0n) is 8.93. The molecule has 0 heterocycles. The second-order valence-electron chi connectivity index (χ2n) is 3.51. The molecule has 0 aliphatic rings. The Labute approximate surface area is 92.9 Å². The van der Waals surface area contributed by atoms with Crippen LogP contribution >= 0.6 is 0 Å². The average Bonchev–Trinajstić information content (AvgIpc) is 2.25. The maximum absolute atomic E-state index is 12.9. The molecule has 1 aromatic carbocycles. The lowest BCUT2D eigenvalue weighted by molar-refractivity contribution is 0.0522. The van der Waals surface area contributed by atoms with Crippen molar-refractivity contribution in [1.29, 1.82) is 0 Å². The lowest BCUT2D eigenvalue weighted by Crippen LogP contribution is -2.21. The number of ether oxygens (including phenoxy) is 1. The number of hydrogen-bond donors (Lipinski definition) is 3. The second kappa shape index (κ2) is 5.79. The standard InChI is InChI=1S/C11H15FO4/c1-7(14)10-3-2-8(12)4-11(10)16-6-9(15)5-13/h2-4,7,9,13-15H,5-6H2,1H3/t7-,9?/m1/s1. The SMILES string of the molecule is C[C@@H](O)c1ccc(F)cc1OCC(O)CO. The highest BCUT2D eigenvalue weighted by Crippen LogP contribution is 2.26. The average molecular weight is 230 g/mol. The van der Waals surface area contributed by atoms with Gasteiger partial charge in [-0.2, -0.15) is 0 Å². The highest BCUT2D eigenvalue weighted by atomic mass is 19.1. The summed E-state index contributed by atoms with van der Waals surface area (Å²) in [6.45, 7) is 0.946. The van der Waals surface area contributed by atoms with Gasteiger partial charge in [0, 0.05) is 11.6 Å². The van der Waals surface area contributed by atoms with Crippen molar-refractivity contribution in [2.45, 2.75) is 19.1 Å². The topological polar surface area (TPSA) is 69.9 Å². The number of benzene rings is 1. The number of rotatable bonds is 5. The van der Waals surface area contributed by atoms with Gasteiger partial charge in [-0.05, 0) is 19.1 Å². The normalized spacial score (nSPS) is 14.6. The third kappa shape index (κ3) is 3.44. The molecule has 4 nitrogen and oxygen atoms in total. The Balaban J connectivity index is 2.80. The van der Waals surface area contributed by atoms with Gasteiger partial charge in [-0.3, -0.25) is 0 Å². The molecule has 5 heteroatoms. The Hall–Kier alpha value is -1.17. The van der Waals surface area contributed by atoms with Crippen LogP contribution in [0.4, 0.5) is 4.39 Å². The summed E-state index contributed by atoms with van der Waals surface area (Å²) in [4.78, 5) is 0. The third-order valence-corrected chi connectivity index (χ3v) is 2.07. The first-order valence-electron chi connectivity index (χ1n) is 4.93. The van der Waals surface area contributed by atoms with Crippen LogP contribution in [0.15, 0.2) is 18.2 Å². The van der Waals surface area contributed by atoms with Crippen LogP contribution in [0.2, 0.25) is 0 Å². The van der Waals surface area contributed by atoms with Gasteiger partial charge in [0.15, 0.2) is 0 Å². The molecule has 0 saturated carbocycles. The van der Waals surface area contributed by atoms with Crippen LogP contribution in [0.3, 0.4) is 0 Å². The van der Waals surface area contributed by atoms with Crippen molar-refractivity contribution >= 4 is 0 Å². The molecule has 1 unspecified atom stereocenters. The largest absolute Gasteiger partial charge is 0.490 e. The van der Waals surface area contributed by atoms with Gasteiger partial charge in [0.05, 0.1) is 12.7 Å². The number of halogens is 1. The maximum atomic E-state index is 12.9. The summed E-state index contributed by atoms with van der Waals surface area (Å²) in [5.74, 6) is -0.319. The highest BCUT2D eigenvalue weighted by molar-refractivity contribution is 5.35. The lowest BCUT2D eigenvalue weighted by atomic mass is 10.1. The first-order chi connectivity index (χ1) is 7.54. The van der Waals surface area contributed by atoms with E-state index in [0.29, 0.717) is 5.56 Å². The van der Waals surface area contributed by atoms with Crippen LogP contribution in [-0.2, 0) is 0 Å². The van der Waals surface area contributed by atoms with E-state index in [9.17, 15) is 9.50 Å². The number of aliphatic hydroxyl groups excluding tert-OH is 3. The van der Waals surface area contributed by atoms with Gasteiger partial charge < -0.3 is 20.1 Å². The van der Waals surface area contributed by atoms with E-state index < -0.39 is 24.6 Å². The first-order valence-corrected chi connectivity index (χ1v) is 4.93. The molecule has 1 aromatic rings. The zero-order valence-corrected chi connectivity index (χ0v) is 8.93. The van der Waals surface area contributed by atoms with E-state index >= 15 is 0 Å². The molecule has 0 aliphatic heterocycles. The Morgan fingerprint density at radius 2 is 2.06 bits per heavy atom. The number of hydrogen-bond acceptors (Lipinski definition) is 4. The van der Waals surface area contributed by atoms with Gasteiger partial charge in [-0.1, -0.05) is 0 Å².